The van der Waals surface area contributed by atoms with Crippen molar-refractivity contribution in [1.29, 1.82) is 0 Å². The molecule has 102 valence electrons. The van der Waals surface area contributed by atoms with E-state index in [1.165, 1.54) is 10.7 Å². The normalized spacial score (nSPS) is 11.5. The molecule has 0 aromatic carbocycles. The molecule has 9 heteroatoms. The molecule has 2 aromatic heterocycles. The first-order valence-corrected chi connectivity index (χ1v) is 7.12. The maximum Gasteiger partial charge on any atom is 0.268 e. The molecule has 2 rings (SSSR count). The van der Waals surface area contributed by atoms with Crippen molar-refractivity contribution in [2.45, 2.75) is 11.8 Å². The van der Waals surface area contributed by atoms with Gasteiger partial charge in [0.1, 0.15) is 11.0 Å². The van der Waals surface area contributed by atoms with Gasteiger partial charge in [-0.1, -0.05) is 17.7 Å². The SMILES string of the molecule is Cc1c(S(=O)(=O)Nc2cccc(Cl)n2)c(N)nn1C. The molecule has 7 nitrogen and oxygen atoms in total. The molecule has 3 N–H and O–H groups in total. The van der Waals surface area contributed by atoms with Crippen LogP contribution in [0.1, 0.15) is 5.69 Å². The van der Waals surface area contributed by atoms with Crippen molar-refractivity contribution >= 4 is 33.3 Å². The number of aryl methyl sites for hydroxylation is 1. The predicted octanol–water partition coefficient (Wildman–Crippen LogP) is 1.16. The summed E-state index contributed by atoms with van der Waals surface area (Å²) in [5, 5.41) is 4.06. The van der Waals surface area contributed by atoms with Crippen LogP contribution in [0.25, 0.3) is 0 Å². The predicted molar refractivity (Wildman–Crippen MR) is 72.4 cm³/mol. The van der Waals surface area contributed by atoms with Crippen LogP contribution in [-0.2, 0) is 17.1 Å². The van der Waals surface area contributed by atoms with Crippen LogP contribution in [0.4, 0.5) is 11.6 Å². The molecule has 0 saturated heterocycles. The molecule has 0 fully saturated rings. The summed E-state index contributed by atoms with van der Waals surface area (Å²) in [6.45, 7) is 1.61. The number of nitrogens with two attached hydrogens (primary N) is 1. The summed E-state index contributed by atoms with van der Waals surface area (Å²) in [4.78, 5) is 3.80. The molecule has 0 unspecified atom stereocenters. The van der Waals surface area contributed by atoms with Gasteiger partial charge in [-0.3, -0.25) is 9.40 Å². The van der Waals surface area contributed by atoms with Crippen LogP contribution in [0.2, 0.25) is 5.15 Å². The lowest BCUT2D eigenvalue weighted by atomic mass is 10.5. The van der Waals surface area contributed by atoms with Crippen molar-refractivity contribution in [3.8, 4) is 0 Å². The van der Waals surface area contributed by atoms with Gasteiger partial charge in [-0.25, -0.2) is 13.4 Å². The highest BCUT2D eigenvalue weighted by Crippen LogP contribution is 2.23. The zero-order valence-corrected chi connectivity index (χ0v) is 11.8. The molecule has 0 saturated carbocycles. The first-order chi connectivity index (χ1) is 8.81. The third kappa shape index (κ3) is 2.64. The average Bonchev–Trinajstić information content (AvgIpc) is 2.52. The highest BCUT2D eigenvalue weighted by Gasteiger charge is 2.25. The first-order valence-electron chi connectivity index (χ1n) is 5.25. The summed E-state index contributed by atoms with van der Waals surface area (Å²) in [7, 11) is -2.24. The second-order valence-electron chi connectivity index (χ2n) is 3.87. The zero-order valence-electron chi connectivity index (χ0n) is 10.3. The summed E-state index contributed by atoms with van der Waals surface area (Å²) in [5.41, 5.74) is 6.05. The molecule has 2 aromatic rings. The number of hydrogen-bond acceptors (Lipinski definition) is 5. The molecule has 0 aliphatic heterocycles. The van der Waals surface area contributed by atoms with E-state index >= 15 is 0 Å². The number of aromatic nitrogens is 3. The van der Waals surface area contributed by atoms with E-state index in [1.807, 2.05) is 0 Å². The maximum atomic E-state index is 12.2. The monoisotopic (exact) mass is 301 g/mol. The molecule has 0 amide bonds. The van der Waals surface area contributed by atoms with Crippen molar-refractivity contribution in [2.24, 2.45) is 7.05 Å². The zero-order chi connectivity index (χ0) is 14.2. The van der Waals surface area contributed by atoms with Crippen LogP contribution in [0.3, 0.4) is 0 Å². The standard InChI is InChI=1S/C10H12ClN5O2S/c1-6-9(10(12)14-16(6)2)19(17,18)15-8-5-3-4-7(11)13-8/h3-5H,1-2H3,(H2,12,14)(H,13,15). The van der Waals surface area contributed by atoms with Crippen molar-refractivity contribution in [3.63, 3.8) is 0 Å². The van der Waals surface area contributed by atoms with Crippen LogP contribution in [0, 0.1) is 6.92 Å². The van der Waals surface area contributed by atoms with Crippen LogP contribution in [-0.4, -0.2) is 23.2 Å². The summed E-state index contributed by atoms with van der Waals surface area (Å²) < 4.78 is 28.2. The number of nitrogen functional groups attached to an aromatic ring is 1. The Morgan fingerprint density at radius 1 is 1.42 bits per heavy atom. The number of nitrogens with one attached hydrogen (secondary N) is 1. The van der Waals surface area contributed by atoms with E-state index in [0.29, 0.717) is 5.69 Å². The Kier molecular flexibility index (Phi) is 3.38. The molecule has 0 bridgehead atoms. The lowest BCUT2D eigenvalue weighted by molar-refractivity contribution is 0.600. The number of pyridine rings is 1. The molecule has 0 spiro atoms. The smallest absolute Gasteiger partial charge is 0.268 e. The van der Waals surface area contributed by atoms with Crippen LogP contribution in [0.5, 0.6) is 0 Å². The molecule has 0 aliphatic carbocycles. The minimum Gasteiger partial charge on any atom is -0.381 e. The topological polar surface area (TPSA) is 103 Å². The Hall–Kier alpha value is -1.80. The van der Waals surface area contributed by atoms with Gasteiger partial charge in [0.15, 0.2) is 10.7 Å². The van der Waals surface area contributed by atoms with Crippen molar-refractivity contribution in [1.82, 2.24) is 14.8 Å². The largest absolute Gasteiger partial charge is 0.381 e. The lowest BCUT2D eigenvalue weighted by Crippen LogP contribution is -2.16. The van der Waals surface area contributed by atoms with Crippen molar-refractivity contribution in [3.05, 3.63) is 29.0 Å². The number of rotatable bonds is 3. The highest BCUT2D eigenvalue weighted by atomic mass is 35.5. The van der Waals surface area contributed by atoms with Gasteiger partial charge in [0.05, 0.1) is 5.69 Å². The Morgan fingerprint density at radius 2 is 2.11 bits per heavy atom. The number of nitrogens with zero attached hydrogens (tertiary/aromatic N) is 3. The van der Waals surface area contributed by atoms with E-state index in [-0.39, 0.29) is 21.7 Å². The molecule has 0 aliphatic rings. The second kappa shape index (κ2) is 4.71. The number of halogens is 1. The fraction of sp³-hybridized carbons (Fsp3) is 0.200. The van der Waals surface area contributed by atoms with E-state index in [2.05, 4.69) is 14.8 Å². The van der Waals surface area contributed by atoms with E-state index in [4.69, 9.17) is 17.3 Å². The molecule has 0 radical (unpaired) electrons. The Labute approximate surface area is 115 Å². The van der Waals surface area contributed by atoms with Gasteiger partial charge in [-0.05, 0) is 19.1 Å². The Bertz CT molecular complexity index is 726. The summed E-state index contributed by atoms with van der Waals surface area (Å²) in [5.74, 6) is 0.0599. The number of hydrogen-bond donors (Lipinski definition) is 2. The third-order valence-corrected chi connectivity index (χ3v) is 4.26. The molecule has 0 atom stereocenters. The molecular weight excluding hydrogens is 290 g/mol. The maximum absolute atomic E-state index is 12.2. The lowest BCUT2D eigenvalue weighted by Gasteiger charge is -2.07. The van der Waals surface area contributed by atoms with Gasteiger partial charge >= 0.3 is 0 Å². The van der Waals surface area contributed by atoms with E-state index in [9.17, 15) is 8.42 Å². The second-order valence-corrected chi connectivity index (χ2v) is 5.88. The van der Waals surface area contributed by atoms with Gasteiger partial charge < -0.3 is 5.73 Å². The van der Waals surface area contributed by atoms with E-state index in [0.717, 1.165) is 0 Å². The van der Waals surface area contributed by atoms with Crippen LogP contribution in [0.15, 0.2) is 23.1 Å². The van der Waals surface area contributed by atoms with Crippen LogP contribution < -0.4 is 10.5 Å². The van der Waals surface area contributed by atoms with Gasteiger partial charge in [-0.2, -0.15) is 5.10 Å². The first kappa shape index (κ1) is 13.6. The minimum atomic E-state index is -3.85. The number of sulfonamides is 1. The summed E-state index contributed by atoms with van der Waals surface area (Å²) in [6.07, 6.45) is 0. The van der Waals surface area contributed by atoms with Crippen molar-refractivity contribution < 1.29 is 8.42 Å². The third-order valence-electron chi connectivity index (χ3n) is 2.53. The molecule has 19 heavy (non-hydrogen) atoms. The van der Waals surface area contributed by atoms with Gasteiger partial charge in [0, 0.05) is 7.05 Å². The number of anilines is 2. The Morgan fingerprint density at radius 3 is 2.63 bits per heavy atom. The van der Waals surface area contributed by atoms with Gasteiger partial charge in [-0.15, -0.1) is 0 Å². The fourth-order valence-corrected chi connectivity index (χ4v) is 3.09. The molecular formula is C10H12ClN5O2S. The minimum absolute atomic E-state index is 0.0585. The summed E-state index contributed by atoms with van der Waals surface area (Å²) in [6, 6.07) is 4.63. The molecule has 2 heterocycles. The van der Waals surface area contributed by atoms with E-state index < -0.39 is 10.0 Å². The van der Waals surface area contributed by atoms with E-state index in [1.54, 1.807) is 26.1 Å². The van der Waals surface area contributed by atoms with Gasteiger partial charge in [0.2, 0.25) is 0 Å². The van der Waals surface area contributed by atoms with Gasteiger partial charge in [0.25, 0.3) is 10.0 Å². The van der Waals surface area contributed by atoms with Crippen molar-refractivity contribution in [2.75, 3.05) is 10.5 Å². The summed E-state index contributed by atoms with van der Waals surface area (Å²) >= 11 is 5.70. The fourth-order valence-electron chi connectivity index (χ4n) is 1.60. The quantitative estimate of drug-likeness (QED) is 0.828. The highest BCUT2D eigenvalue weighted by molar-refractivity contribution is 7.93. The Balaban J connectivity index is 2.44. The average molecular weight is 302 g/mol. The van der Waals surface area contributed by atoms with Crippen LogP contribution >= 0.6 is 11.6 Å².